The van der Waals surface area contributed by atoms with E-state index in [-0.39, 0.29) is 11.2 Å². The van der Waals surface area contributed by atoms with E-state index in [1.54, 1.807) is 0 Å². The maximum absolute atomic E-state index is 12.9. The van der Waals surface area contributed by atoms with Crippen molar-refractivity contribution in [2.24, 2.45) is 0 Å². The lowest BCUT2D eigenvalue weighted by Crippen LogP contribution is -2.11. The first-order valence-electron chi connectivity index (χ1n) is 15.3. The number of aryl methyl sites for hydroxylation is 1. The highest BCUT2D eigenvalue weighted by atomic mass is 32.2. The molecule has 0 aliphatic carbocycles. The van der Waals surface area contributed by atoms with E-state index in [1.807, 2.05) is 36.4 Å². The molecule has 0 spiro atoms. The van der Waals surface area contributed by atoms with Gasteiger partial charge in [0.2, 0.25) is 5.12 Å². The van der Waals surface area contributed by atoms with Crippen molar-refractivity contribution in [3.05, 3.63) is 83.9 Å². The van der Waals surface area contributed by atoms with Gasteiger partial charge in [0.1, 0.15) is 5.75 Å². The van der Waals surface area contributed by atoms with E-state index >= 15 is 0 Å². The fourth-order valence-corrected chi connectivity index (χ4v) is 5.59. The second kappa shape index (κ2) is 17.9. The van der Waals surface area contributed by atoms with Gasteiger partial charge in [0.15, 0.2) is 0 Å². The Morgan fingerprint density at radius 3 is 1.82 bits per heavy atom. The predicted octanol–water partition coefficient (Wildman–Crippen LogP) is 11.3. The van der Waals surface area contributed by atoms with E-state index < -0.39 is 0 Å². The summed E-state index contributed by atoms with van der Waals surface area (Å²) in [6, 6.07) is 24.7. The van der Waals surface area contributed by atoms with Crippen molar-refractivity contribution in [1.29, 1.82) is 0 Å². The Kier molecular flexibility index (Phi) is 14.3. The highest BCUT2D eigenvalue weighted by Gasteiger charge is 2.10. The van der Waals surface area contributed by atoms with Gasteiger partial charge in [-0.2, -0.15) is 0 Å². The molecule has 1 atom stereocenters. The summed E-state index contributed by atoms with van der Waals surface area (Å²) in [4.78, 5) is 13.9. The van der Waals surface area contributed by atoms with Crippen LogP contribution in [0.5, 0.6) is 5.75 Å². The molecule has 0 saturated heterocycles. The van der Waals surface area contributed by atoms with Crippen molar-refractivity contribution in [3.8, 4) is 16.9 Å². The van der Waals surface area contributed by atoms with Crippen LogP contribution in [0.4, 0.5) is 0 Å². The fraction of sp³-hybridized carbons (Fsp3) is 0.472. The smallest absolute Gasteiger partial charge is 0.224 e. The van der Waals surface area contributed by atoms with Crippen molar-refractivity contribution in [2.45, 2.75) is 115 Å². The largest absolute Gasteiger partial charge is 0.491 e. The third kappa shape index (κ3) is 11.6. The van der Waals surface area contributed by atoms with E-state index in [4.69, 9.17) is 4.74 Å². The van der Waals surface area contributed by atoms with Crippen LogP contribution in [-0.4, -0.2) is 11.2 Å². The number of unbranched alkanes of at least 4 members (excludes halogenated alkanes) is 9. The monoisotopic (exact) mass is 544 g/mol. The van der Waals surface area contributed by atoms with Gasteiger partial charge in [0.25, 0.3) is 0 Å². The van der Waals surface area contributed by atoms with Gasteiger partial charge in [-0.25, -0.2) is 0 Å². The van der Waals surface area contributed by atoms with Crippen LogP contribution in [0.2, 0.25) is 0 Å². The molecule has 0 aromatic heterocycles. The van der Waals surface area contributed by atoms with Crippen molar-refractivity contribution < 1.29 is 9.53 Å². The van der Waals surface area contributed by atoms with Crippen molar-refractivity contribution in [2.75, 3.05) is 0 Å². The van der Waals surface area contributed by atoms with Crippen LogP contribution >= 0.6 is 11.8 Å². The molecule has 3 aromatic rings. The standard InChI is InChI=1S/C36H48O2S/c1-4-6-8-10-11-12-14-16-30-17-27-35(28-18-30)39-36(37)33-21-19-31(20-22-33)32-23-25-34(26-24-32)38-29(3)15-13-9-7-5-2/h17-29H,4-16H2,1-3H3/t29-/m0/s1. The number of carbonyl (C=O) groups is 1. The molecule has 3 rings (SSSR count). The summed E-state index contributed by atoms with van der Waals surface area (Å²) in [6.45, 7) is 6.65. The number of carbonyl (C=O) groups excluding carboxylic acids is 1. The SMILES string of the molecule is CCCCCCCCCc1ccc(SC(=O)c2ccc(-c3ccc(O[C@@H](C)CCCCCC)cc3)cc2)cc1. The third-order valence-electron chi connectivity index (χ3n) is 7.31. The van der Waals surface area contributed by atoms with Gasteiger partial charge in [0.05, 0.1) is 6.10 Å². The first kappa shape index (κ1) is 31.0. The van der Waals surface area contributed by atoms with Crippen LogP contribution in [0.3, 0.4) is 0 Å². The minimum absolute atomic E-state index is 0.0815. The van der Waals surface area contributed by atoms with Gasteiger partial charge in [0, 0.05) is 10.5 Å². The quantitative estimate of drug-likeness (QED) is 0.118. The number of hydrogen-bond donors (Lipinski definition) is 0. The Morgan fingerprint density at radius 2 is 1.21 bits per heavy atom. The Bertz CT molecular complexity index is 1070. The Hall–Kier alpha value is -2.52. The van der Waals surface area contributed by atoms with Crippen LogP contribution in [0.25, 0.3) is 11.1 Å². The zero-order valence-electron chi connectivity index (χ0n) is 24.4. The number of rotatable bonds is 18. The molecule has 3 heteroatoms. The first-order valence-corrected chi connectivity index (χ1v) is 16.1. The van der Waals surface area contributed by atoms with Crippen LogP contribution in [0, 0.1) is 0 Å². The molecule has 0 heterocycles. The normalized spacial score (nSPS) is 11.9. The van der Waals surface area contributed by atoms with E-state index in [1.165, 1.54) is 88.0 Å². The summed E-state index contributed by atoms with van der Waals surface area (Å²) in [7, 11) is 0. The highest BCUT2D eigenvalue weighted by molar-refractivity contribution is 8.14. The zero-order chi connectivity index (χ0) is 27.7. The number of benzene rings is 3. The molecule has 0 N–H and O–H groups in total. The van der Waals surface area contributed by atoms with Gasteiger partial charge >= 0.3 is 0 Å². The summed E-state index contributed by atoms with van der Waals surface area (Å²) in [5, 5.41) is 0.0815. The summed E-state index contributed by atoms with van der Waals surface area (Å²) >= 11 is 1.31. The van der Waals surface area contributed by atoms with Gasteiger partial charge in [-0.1, -0.05) is 108 Å². The topological polar surface area (TPSA) is 26.3 Å². The number of ether oxygens (including phenoxy) is 1. The second-order valence-electron chi connectivity index (χ2n) is 10.8. The molecule has 39 heavy (non-hydrogen) atoms. The molecule has 0 aliphatic heterocycles. The van der Waals surface area contributed by atoms with Crippen molar-refractivity contribution >= 4 is 16.9 Å². The molecule has 0 radical (unpaired) electrons. The second-order valence-corrected chi connectivity index (χ2v) is 11.8. The van der Waals surface area contributed by atoms with Crippen LogP contribution in [-0.2, 0) is 6.42 Å². The average Bonchev–Trinajstić information content (AvgIpc) is 2.96. The number of hydrogen-bond acceptors (Lipinski definition) is 3. The predicted molar refractivity (Wildman–Crippen MR) is 169 cm³/mol. The highest BCUT2D eigenvalue weighted by Crippen LogP contribution is 2.27. The minimum Gasteiger partial charge on any atom is -0.491 e. The molecule has 3 aromatic carbocycles. The lowest BCUT2D eigenvalue weighted by atomic mass is 10.0. The van der Waals surface area contributed by atoms with E-state index in [0.29, 0.717) is 0 Å². The number of thioether (sulfide) groups is 1. The Balaban J connectivity index is 1.43. The molecule has 0 aliphatic rings. The molecule has 0 unspecified atom stereocenters. The summed E-state index contributed by atoms with van der Waals surface area (Å²) in [5.74, 6) is 0.915. The maximum atomic E-state index is 12.9. The van der Waals surface area contributed by atoms with Gasteiger partial charge in [-0.3, -0.25) is 4.79 Å². The molecule has 0 fully saturated rings. The van der Waals surface area contributed by atoms with Crippen LogP contribution < -0.4 is 4.74 Å². The van der Waals surface area contributed by atoms with Crippen LogP contribution in [0.15, 0.2) is 77.7 Å². The molecule has 0 saturated carbocycles. The lowest BCUT2D eigenvalue weighted by molar-refractivity contribution is 0.108. The summed E-state index contributed by atoms with van der Waals surface area (Å²) < 4.78 is 6.09. The van der Waals surface area contributed by atoms with Crippen LogP contribution in [0.1, 0.15) is 114 Å². The molecular formula is C36H48O2S. The van der Waals surface area contributed by atoms with Crippen molar-refractivity contribution in [3.63, 3.8) is 0 Å². The third-order valence-corrected chi connectivity index (χ3v) is 8.24. The lowest BCUT2D eigenvalue weighted by Gasteiger charge is -2.15. The average molecular weight is 545 g/mol. The first-order chi connectivity index (χ1) is 19.1. The maximum Gasteiger partial charge on any atom is 0.224 e. The van der Waals surface area contributed by atoms with E-state index in [9.17, 15) is 4.79 Å². The Labute approximate surface area is 242 Å². The molecule has 0 bridgehead atoms. The molecular weight excluding hydrogens is 496 g/mol. The van der Waals surface area contributed by atoms with E-state index in [2.05, 4.69) is 57.2 Å². The summed E-state index contributed by atoms with van der Waals surface area (Å²) in [6.07, 6.45) is 16.8. The summed E-state index contributed by atoms with van der Waals surface area (Å²) in [5.41, 5.74) is 4.32. The molecule has 210 valence electrons. The van der Waals surface area contributed by atoms with E-state index in [0.717, 1.165) is 40.2 Å². The zero-order valence-corrected chi connectivity index (χ0v) is 25.2. The van der Waals surface area contributed by atoms with Gasteiger partial charge < -0.3 is 4.74 Å². The molecule has 0 amide bonds. The minimum atomic E-state index is 0.0815. The van der Waals surface area contributed by atoms with Crippen molar-refractivity contribution in [1.82, 2.24) is 0 Å². The molecule has 2 nitrogen and oxygen atoms in total. The Morgan fingerprint density at radius 1 is 0.667 bits per heavy atom. The van der Waals surface area contributed by atoms with Gasteiger partial charge in [-0.15, -0.1) is 0 Å². The van der Waals surface area contributed by atoms with Gasteiger partial charge in [-0.05, 0) is 97.5 Å². The fourth-order valence-electron chi connectivity index (χ4n) is 4.85.